The Balaban J connectivity index is 1.76. The van der Waals surface area contributed by atoms with E-state index in [0.717, 1.165) is 35.4 Å². The van der Waals surface area contributed by atoms with Gasteiger partial charge in [0.1, 0.15) is 4.88 Å². The van der Waals surface area contributed by atoms with Crippen LogP contribution in [0.1, 0.15) is 51.1 Å². The topological polar surface area (TPSA) is 97.4 Å². The van der Waals surface area contributed by atoms with Gasteiger partial charge in [0.05, 0.1) is 12.3 Å². The van der Waals surface area contributed by atoms with Crippen LogP contribution in [0.15, 0.2) is 18.2 Å². The first kappa shape index (κ1) is 18.1. The predicted molar refractivity (Wildman–Crippen MR) is 98.8 cm³/mol. The molecule has 1 aromatic heterocycles. The molecule has 8 heteroatoms. The van der Waals surface area contributed by atoms with Gasteiger partial charge in [-0.1, -0.05) is 11.3 Å². The van der Waals surface area contributed by atoms with E-state index >= 15 is 0 Å². The number of rotatable bonds is 4. The minimum absolute atomic E-state index is 0.00860. The molecule has 136 valence electrons. The fourth-order valence-corrected chi connectivity index (χ4v) is 3.58. The van der Waals surface area contributed by atoms with Gasteiger partial charge in [0.2, 0.25) is 5.91 Å². The van der Waals surface area contributed by atoms with Crippen molar-refractivity contribution in [2.45, 2.75) is 33.1 Å². The smallest absolute Gasteiger partial charge is 0.350 e. The van der Waals surface area contributed by atoms with Crippen molar-refractivity contribution in [3.63, 3.8) is 0 Å². The molecular weight excluding hydrogens is 354 g/mol. The number of hydrogen-bond donors (Lipinski definition) is 2. The first-order chi connectivity index (χ1) is 12.5. The number of amides is 2. The van der Waals surface area contributed by atoms with Crippen LogP contribution in [0.4, 0.5) is 10.8 Å². The van der Waals surface area contributed by atoms with E-state index in [1.807, 2.05) is 0 Å². The normalized spacial score (nSPS) is 13.4. The van der Waals surface area contributed by atoms with E-state index in [-0.39, 0.29) is 18.4 Å². The van der Waals surface area contributed by atoms with Gasteiger partial charge in [-0.3, -0.25) is 14.9 Å². The van der Waals surface area contributed by atoms with Crippen molar-refractivity contribution in [3.8, 4) is 0 Å². The second-order valence-corrected chi connectivity index (χ2v) is 6.88. The summed E-state index contributed by atoms with van der Waals surface area (Å²) in [6.07, 6.45) is 1.96. The maximum absolute atomic E-state index is 12.5. The largest absolute Gasteiger partial charge is 0.462 e. The van der Waals surface area contributed by atoms with E-state index in [0.29, 0.717) is 27.7 Å². The summed E-state index contributed by atoms with van der Waals surface area (Å²) in [6, 6.07) is 5.18. The molecule has 26 heavy (non-hydrogen) atoms. The number of nitrogens with zero attached hydrogens (tertiary/aromatic N) is 1. The number of nitrogens with one attached hydrogen (secondary N) is 2. The van der Waals surface area contributed by atoms with E-state index in [1.165, 1.54) is 0 Å². The average molecular weight is 373 g/mol. The van der Waals surface area contributed by atoms with Gasteiger partial charge in [0.25, 0.3) is 5.91 Å². The molecule has 0 aliphatic carbocycles. The van der Waals surface area contributed by atoms with Gasteiger partial charge in [-0.25, -0.2) is 9.78 Å². The van der Waals surface area contributed by atoms with Crippen molar-refractivity contribution < 1.29 is 19.1 Å². The fourth-order valence-electron chi connectivity index (χ4n) is 2.72. The molecule has 2 amide bonds. The van der Waals surface area contributed by atoms with Gasteiger partial charge < -0.3 is 10.1 Å². The van der Waals surface area contributed by atoms with E-state index < -0.39 is 5.97 Å². The molecule has 1 aliphatic heterocycles. The lowest BCUT2D eigenvalue weighted by Gasteiger charge is -2.09. The number of anilines is 2. The summed E-state index contributed by atoms with van der Waals surface area (Å²) in [7, 11) is 0. The third-order valence-electron chi connectivity index (χ3n) is 3.97. The third kappa shape index (κ3) is 3.91. The molecule has 3 rings (SSSR count). The molecule has 0 atom stereocenters. The highest BCUT2D eigenvalue weighted by atomic mass is 32.1. The Morgan fingerprint density at radius 2 is 2.15 bits per heavy atom. The molecule has 0 fully saturated rings. The first-order valence-electron chi connectivity index (χ1n) is 8.36. The molecule has 0 saturated carbocycles. The average Bonchev–Trinajstić information content (AvgIpc) is 2.85. The summed E-state index contributed by atoms with van der Waals surface area (Å²) >= 11 is 1.09. The molecule has 0 unspecified atom stereocenters. The zero-order valence-electron chi connectivity index (χ0n) is 14.5. The summed E-state index contributed by atoms with van der Waals surface area (Å²) in [5.74, 6) is -0.762. The predicted octanol–water partition coefficient (Wildman–Crippen LogP) is 3.16. The Kier molecular flexibility index (Phi) is 5.32. The molecule has 2 N–H and O–H groups in total. The van der Waals surface area contributed by atoms with Gasteiger partial charge in [0, 0.05) is 17.7 Å². The van der Waals surface area contributed by atoms with Crippen molar-refractivity contribution in [1.82, 2.24) is 4.98 Å². The summed E-state index contributed by atoms with van der Waals surface area (Å²) in [6.45, 7) is 3.71. The number of ether oxygens (including phenoxy) is 1. The third-order valence-corrected chi connectivity index (χ3v) is 5.02. The Hall–Kier alpha value is -2.74. The first-order valence-corrected chi connectivity index (χ1v) is 9.18. The molecule has 2 heterocycles. The molecule has 0 bridgehead atoms. The fraction of sp³-hybridized carbons (Fsp3) is 0.333. The molecule has 2 aromatic rings. The van der Waals surface area contributed by atoms with E-state index in [2.05, 4.69) is 15.6 Å². The van der Waals surface area contributed by atoms with Crippen LogP contribution in [-0.4, -0.2) is 29.4 Å². The number of esters is 1. The van der Waals surface area contributed by atoms with Gasteiger partial charge >= 0.3 is 5.97 Å². The van der Waals surface area contributed by atoms with Crippen molar-refractivity contribution in [1.29, 1.82) is 0 Å². The minimum atomic E-state index is -0.441. The van der Waals surface area contributed by atoms with Gasteiger partial charge in [-0.05, 0) is 50.5 Å². The van der Waals surface area contributed by atoms with Gasteiger partial charge in [0.15, 0.2) is 5.13 Å². The lowest BCUT2D eigenvalue weighted by atomic mass is 10.0. The number of benzene rings is 1. The summed E-state index contributed by atoms with van der Waals surface area (Å²) < 4.78 is 4.98. The van der Waals surface area contributed by atoms with Crippen LogP contribution in [0.2, 0.25) is 0 Å². The molecule has 1 aromatic carbocycles. The molecule has 0 radical (unpaired) electrons. The molecular formula is C18H19N3O4S. The zero-order valence-corrected chi connectivity index (χ0v) is 15.4. The highest BCUT2D eigenvalue weighted by Crippen LogP contribution is 2.26. The molecule has 0 spiro atoms. The van der Waals surface area contributed by atoms with Crippen molar-refractivity contribution in [2.75, 3.05) is 17.2 Å². The highest BCUT2D eigenvalue weighted by molar-refractivity contribution is 7.17. The number of aromatic nitrogens is 1. The van der Waals surface area contributed by atoms with Gasteiger partial charge in [-0.15, -0.1) is 0 Å². The van der Waals surface area contributed by atoms with Crippen molar-refractivity contribution in [2.24, 2.45) is 0 Å². The monoisotopic (exact) mass is 373 g/mol. The number of thiazole rings is 1. The molecule has 7 nitrogen and oxygen atoms in total. The van der Waals surface area contributed by atoms with E-state index in [1.54, 1.807) is 32.0 Å². The number of carbonyl (C=O) groups excluding carboxylic acids is 3. The summed E-state index contributed by atoms with van der Waals surface area (Å²) in [5, 5.41) is 5.91. The maximum Gasteiger partial charge on any atom is 0.350 e. The second-order valence-electron chi connectivity index (χ2n) is 5.88. The van der Waals surface area contributed by atoms with Crippen LogP contribution >= 0.6 is 11.3 Å². The number of carbonyl (C=O) groups is 3. The standard InChI is InChI=1S/C18H19N3O4S/c1-3-25-17(24)15-10(2)19-18(26-15)21-16(23)12-7-8-13-11(9-12)5-4-6-14(22)20-13/h7-9H,3-6H2,1-2H3,(H,20,22)(H,19,21,23). The second kappa shape index (κ2) is 7.65. The lowest BCUT2D eigenvalue weighted by molar-refractivity contribution is -0.116. The van der Waals surface area contributed by atoms with Crippen LogP contribution in [-0.2, 0) is 16.0 Å². The Bertz CT molecular complexity index is 875. The number of aryl methyl sites for hydroxylation is 2. The highest BCUT2D eigenvalue weighted by Gasteiger charge is 2.19. The number of hydrogen-bond acceptors (Lipinski definition) is 6. The minimum Gasteiger partial charge on any atom is -0.462 e. The Morgan fingerprint density at radius 3 is 2.92 bits per heavy atom. The summed E-state index contributed by atoms with van der Waals surface area (Å²) in [5.41, 5.74) is 2.68. The van der Waals surface area contributed by atoms with Crippen molar-refractivity contribution in [3.05, 3.63) is 39.9 Å². The van der Waals surface area contributed by atoms with Crippen LogP contribution in [0.25, 0.3) is 0 Å². The van der Waals surface area contributed by atoms with E-state index in [4.69, 9.17) is 4.74 Å². The van der Waals surface area contributed by atoms with Gasteiger partial charge in [-0.2, -0.15) is 0 Å². The Morgan fingerprint density at radius 1 is 1.35 bits per heavy atom. The number of fused-ring (bicyclic) bond motifs is 1. The quantitative estimate of drug-likeness (QED) is 0.803. The van der Waals surface area contributed by atoms with Crippen LogP contribution in [0.5, 0.6) is 0 Å². The zero-order chi connectivity index (χ0) is 18.7. The molecule has 1 aliphatic rings. The van der Waals surface area contributed by atoms with Crippen LogP contribution in [0.3, 0.4) is 0 Å². The maximum atomic E-state index is 12.5. The lowest BCUT2D eigenvalue weighted by Crippen LogP contribution is -2.13. The van der Waals surface area contributed by atoms with Crippen LogP contribution < -0.4 is 10.6 Å². The van der Waals surface area contributed by atoms with Crippen LogP contribution in [0, 0.1) is 6.92 Å². The van der Waals surface area contributed by atoms with E-state index in [9.17, 15) is 14.4 Å². The summed E-state index contributed by atoms with van der Waals surface area (Å²) in [4.78, 5) is 40.6. The molecule has 0 saturated heterocycles. The van der Waals surface area contributed by atoms with Crippen molar-refractivity contribution >= 4 is 39.9 Å². The Labute approximate surface area is 154 Å². The SMILES string of the molecule is CCOC(=O)c1sc(NC(=O)c2ccc3c(c2)CCCC(=O)N3)nc1C.